The van der Waals surface area contributed by atoms with Crippen molar-refractivity contribution in [1.82, 2.24) is 15.1 Å². The number of rotatable bonds is 8. The number of hydrogen-bond acceptors (Lipinski definition) is 5. The topological polar surface area (TPSA) is 74.2 Å². The van der Waals surface area contributed by atoms with E-state index in [1.165, 1.54) is 38.6 Å². The molecule has 2 fully saturated rings. The predicted octanol–water partition coefficient (Wildman–Crippen LogP) is 0.801. The van der Waals surface area contributed by atoms with Crippen molar-refractivity contribution in [2.45, 2.75) is 32.2 Å². The van der Waals surface area contributed by atoms with Crippen molar-refractivity contribution in [2.75, 3.05) is 64.5 Å². The van der Waals surface area contributed by atoms with Crippen LogP contribution in [0.15, 0.2) is 4.99 Å². The molecule has 1 N–H and O–H groups in total. The molecule has 2 saturated heterocycles. The van der Waals surface area contributed by atoms with E-state index in [9.17, 15) is 8.42 Å². The van der Waals surface area contributed by atoms with Crippen LogP contribution in [0.3, 0.4) is 0 Å². The van der Waals surface area contributed by atoms with Crippen molar-refractivity contribution in [3.8, 4) is 0 Å². The van der Waals surface area contributed by atoms with Crippen molar-refractivity contribution in [1.29, 1.82) is 0 Å². The molecule has 0 bridgehead atoms. The summed E-state index contributed by atoms with van der Waals surface area (Å²) in [4.78, 5) is 9.57. The van der Waals surface area contributed by atoms with Crippen molar-refractivity contribution in [3.05, 3.63) is 0 Å². The Bertz CT molecular complexity index is 510. The molecular formula is C16H33IN4O3S. The summed E-state index contributed by atoms with van der Waals surface area (Å²) < 4.78 is 27.4. The minimum Gasteiger partial charge on any atom is -0.378 e. The average molecular weight is 488 g/mol. The maximum Gasteiger partial charge on any atom is 0.194 e. The van der Waals surface area contributed by atoms with Gasteiger partial charge in [0.2, 0.25) is 0 Å². The van der Waals surface area contributed by atoms with E-state index in [0.717, 1.165) is 25.6 Å². The van der Waals surface area contributed by atoms with Crippen LogP contribution in [0.4, 0.5) is 0 Å². The zero-order chi connectivity index (χ0) is 17.4. The van der Waals surface area contributed by atoms with Crippen molar-refractivity contribution >= 4 is 39.8 Å². The first-order chi connectivity index (χ1) is 11.5. The minimum absolute atomic E-state index is 0. The molecule has 2 heterocycles. The highest BCUT2D eigenvalue weighted by atomic mass is 127. The standard InChI is InChI=1S/C16H32N4O3S.HI/c1-3-17-16(18-7-11-23-12-13-24(2,21)22)20-10-6-15(14-20)19-8-4-5-9-19;/h15H,3-14H2,1-2H3,(H,17,18);1H. The number of sulfone groups is 1. The largest absolute Gasteiger partial charge is 0.378 e. The van der Waals surface area contributed by atoms with Crippen LogP contribution >= 0.6 is 24.0 Å². The van der Waals surface area contributed by atoms with Gasteiger partial charge >= 0.3 is 0 Å². The fourth-order valence-corrected chi connectivity index (χ4v) is 3.71. The molecule has 1 unspecified atom stereocenters. The van der Waals surface area contributed by atoms with Crippen LogP contribution < -0.4 is 5.32 Å². The number of guanidine groups is 1. The second-order valence-electron chi connectivity index (χ2n) is 6.61. The molecule has 0 radical (unpaired) electrons. The lowest BCUT2D eigenvalue weighted by atomic mass is 10.2. The van der Waals surface area contributed by atoms with Gasteiger partial charge in [0.25, 0.3) is 0 Å². The molecule has 1 atom stereocenters. The lowest BCUT2D eigenvalue weighted by molar-refractivity contribution is 0.157. The van der Waals surface area contributed by atoms with Crippen LogP contribution in [-0.4, -0.2) is 94.7 Å². The molecule has 0 aromatic heterocycles. The second-order valence-corrected chi connectivity index (χ2v) is 8.87. The van der Waals surface area contributed by atoms with Crippen LogP contribution in [0, 0.1) is 0 Å². The smallest absolute Gasteiger partial charge is 0.194 e. The van der Waals surface area contributed by atoms with Gasteiger partial charge in [-0.25, -0.2) is 8.42 Å². The second kappa shape index (κ2) is 11.6. The summed E-state index contributed by atoms with van der Waals surface area (Å²) in [7, 11) is -2.95. The quantitative estimate of drug-likeness (QED) is 0.236. The number of halogens is 1. The fraction of sp³-hybridized carbons (Fsp3) is 0.938. The SMILES string of the molecule is CCNC(=NCCOCCS(C)(=O)=O)N1CCC(N2CCCC2)C1.I. The third-order valence-corrected chi connectivity index (χ3v) is 5.46. The summed E-state index contributed by atoms with van der Waals surface area (Å²) in [5, 5.41) is 3.36. The maximum absolute atomic E-state index is 11.0. The predicted molar refractivity (Wildman–Crippen MR) is 113 cm³/mol. The Hall–Kier alpha value is -0.130. The highest BCUT2D eigenvalue weighted by Gasteiger charge is 2.30. The molecule has 0 spiro atoms. The number of hydrogen-bond donors (Lipinski definition) is 1. The summed E-state index contributed by atoms with van der Waals surface area (Å²) in [6.45, 7) is 8.73. The van der Waals surface area contributed by atoms with Gasteiger partial charge in [-0.1, -0.05) is 0 Å². The molecule has 0 aromatic rings. The summed E-state index contributed by atoms with van der Waals surface area (Å²) in [5.74, 6) is 1.02. The van der Waals surface area contributed by atoms with Gasteiger partial charge in [-0.15, -0.1) is 24.0 Å². The van der Waals surface area contributed by atoms with E-state index < -0.39 is 9.84 Å². The van der Waals surface area contributed by atoms with Crippen LogP contribution in [0.2, 0.25) is 0 Å². The minimum atomic E-state index is -2.95. The van der Waals surface area contributed by atoms with Crippen molar-refractivity contribution < 1.29 is 13.2 Å². The normalized spacial score (nSPS) is 22.2. The molecule has 0 aromatic carbocycles. The molecule has 9 heteroatoms. The van der Waals surface area contributed by atoms with Gasteiger partial charge in [-0.3, -0.25) is 9.89 Å². The van der Waals surface area contributed by atoms with Gasteiger partial charge in [0.15, 0.2) is 5.96 Å². The summed E-state index contributed by atoms with van der Waals surface area (Å²) in [5.41, 5.74) is 0. The Kier molecular flexibility index (Phi) is 10.6. The van der Waals surface area contributed by atoms with Crippen molar-refractivity contribution in [2.24, 2.45) is 4.99 Å². The molecular weight excluding hydrogens is 455 g/mol. The first-order valence-electron chi connectivity index (χ1n) is 9.02. The Balaban J connectivity index is 0.00000312. The van der Waals surface area contributed by atoms with Crippen LogP contribution in [-0.2, 0) is 14.6 Å². The van der Waals surface area contributed by atoms with Crippen LogP contribution in [0.25, 0.3) is 0 Å². The Morgan fingerprint density at radius 2 is 1.96 bits per heavy atom. The van der Waals surface area contributed by atoms with Gasteiger partial charge in [-0.2, -0.15) is 0 Å². The van der Waals surface area contributed by atoms with E-state index in [1.54, 1.807) is 0 Å². The van der Waals surface area contributed by atoms with E-state index in [-0.39, 0.29) is 36.3 Å². The molecule has 2 aliphatic heterocycles. The molecule has 2 aliphatic rings. The molecule has 25 heavy (non-hydrogen) atoms. The Morgan fingerprint density at radius 1 is 1.24 bits per heavy atom. The summed E-state index contributed by atoms with van der Waals surface area (Å²) in [6, 6.07) is 0.655. The van der Waals surface area contributed by atoms with E-state index in [2.05, 4.69) is 27.0 Å². The van der Waals surface area contributed by atoms with Gasteiger partial charge in [0.05, 0.1) is 25.5 Å². The zero-order valence-electron chi connectivity index (χ0n) is 15.4. The average Bonchev–Trinajstić information content (AvgIpc) is 3.18. The maximum atomic E-state index is 11.0. The van der Waals surface area contributed by atoms with Gasteiger partial charge in [-0.05, 0) is 39.3 Å². The third-order valence-electron chi connectivity index (χ3n) is 4.55. The molecule has 0 aliphatic carbocycles. The molecule has 0 saturated carbocycles. The Morgan fingerprint density at radius 3 is 2.60 bits per heavy atom. The summed E-state index contributed by atoms with van der Waals surface area (Å²) in [6.07, 6.45) is 5.09. The first kappa shape index (κ1) is 22.9. The van der Waals surface area contributed by atoms with Crippen molar-refractivity contribution in [3.63, 3.8) is 0 Å². The number of ether oxygens (including phenoxy) is 1. The lowest BCUT2D eigenvalue weighted by Crippen LogP contribution is -2.42. The van der Waals surface area contributed by atoms with E-state index >= 15 is 0 Å². The van der Waals surface area contributed by atoms with E-state index in [0.29, 0.717) is 19.2 Å². The molecule has 148 valence electrons. The number of aliphatic imine (C=N–C) groups is 1. The fourth-order valence-electron chi connectivity index (χ4n) is 3.29. The third kappa shape index (κ3) is 8.40. The summed E-state index contributed by atoms with van der Waals surface area (Å²) >= 11 is 0. The molecule has 0 amide bonds. The zero-order valence-corrected chi connectivity index (χ0v) is 18.6. The highest BCUT2D eigenvalue weighted by molar-refractivity contribution is 14.0. The van der Waals surface area contributed by atoms with E-state index in [4.69, 9.17) is 4.74 Å². The van der Waals surface area contributed by atoms with Gasteiger partial charge in [0, 0.05) is 31.9 Å². The monoisotopic (exact) mass is 488 g/mol. The highest BCUT2D eigenvalue weighted by Crippen LogP contribution is 2.20. The Labute approximate surface area is 169 Å². The molecule has 7 nitrogen and oxygen atoms in total. The molecule has 2 rings (SSSR count). The van der Waals surface area contributed by atoms with E-state index in [1.807, 2.05) is 0 Å². The van der Waals surface area contributed by atoms with Gasteiger partial charge < -0.3 is 15.0 Å². The van der Waals surface area contributed by atoms with Crippen LogP contribution in [0.5, 0.6) is 0 Å². The lowest BCUT2D eigenvalue weighted by Gasteiger charge is -2.25. The number of likely N-dealkylation sites (tertiary alicyclic amines) is 2. The van der Waals surface area contributed by atoms with Gasteiger partial charge in [0.1, 0.15) is 9.84 Å². The number of nitrogens with one attached hydrogen (secondary N) is 1. The van der Waals surface area contributed by atoms with Crippen LogP contribution in [0.1, 0.15) is 26.2 Å². The first-order valence-corrected chi connectivity index (χ1v) is 11.1. The number of nitrogens with zero attached hydrogens (tertiary/aromatic N) is 3.